The van der Waals surface area contributed by atoms with Crippen molar-refractivity contribution in [2.24, 2.45) is 0 Å². The number of aryl methyl sites for hydroxylation is 1. The first-order valence-electron chi connectivity index (χ1n) is 5.15. The minimum Gasteiger partial charge on any atom is -0.397 e. The zero-order valence-corrected chi connectivity index (χ0v) is 9.37. The van der Waals surface area contributed by atoms with Gasteiger partial charge in [-0.15, -0.1) is 0 Å². The summed E-state index contributed by atoms with van der Waals surface area (Å²) in [5, 5.41) is 0. The van der Waals surface area contributed by atoms with E-state index in [2.05, 4.69) is 4.98 Å². The molecule has 0 saturated heterocycles. The number of anilines is 1. The Kier molecular flexibility index (Phi) is 2.52. The van der Waals surface area contributed by atoms with E-state index in [4.69, 9.17) is 5.73 Å². The second kappa shape index (κ2) is 3.85. The Hall–Kier alpha value is -2.03. The zero-order chi connectivity index (χ0) is 11.7. The molecule has 2 aromatic rings. The molecule has 0 bridgehead atoms. The Morgan fingerprint density at radius 1 is 1.25 bits per heavy atom. The number of nitrogens with one attached hydrogen (secondary N) is 1. The van der Waals surface area contributed by atoms with Gasteiger partial charge in [-0.1, -0.05) is 30.3 Å². The number of ketones is 1. The number of Topliss-reactive ketones (excluding diaryl/α,β-unsaturated/α-hetero) is 1. The molecule has 0 unspecified atom stereocenters. The molecule has 16 heavy (non-hydrogen) atoms. The number of carbonyl (C=O) groups excluding carboxylic acids is 1. The molecule has 0 aliphatic carbocycles. The molecule has 0 radical (unpaired) electrons. The largest absolute Gasteiger partial charge is 0.397 e. The summed E-state index contributed by atoms with van der Waals surface area (Å²) in [5.74, 6) is -0.0132. The molecule has 3 N–H and O–H groups in total. The van der Waals surface area contributed by atoms with E-state index in [-0.39, 0.29) is 5.78 Å². The summed E-state index contributed by atoms with van der Waals surface area (Å²) in [7, 11) is 0. The Bertz CT molecular complexity index is 526. The molecule has 0 aliphatic rings. The third-order valence-electron chi connectivity index (χ3n) is 2.65. The Labute approximate surface area is 94.3 Å². The van der Waals surface area contributed by atoms with Crippen LogP contribution in [0.25, 0.3) is 11.3 Å². The van der Waals surface area contributed by atoms with E-state index in [9.17, 15) is 4.79 Å². The van der Waals surface area contributed by atoms with E-state index in [0.29, 0.717) is 11.3 Å². The van der Waals surface area contributed by atoms with Crippen LogP contribution in [-0.4, -0.2) is 10.8 Å². The van der Waals surface area contributed by atoms with Crippen molar-refractivity contribution in [1.29, 1.82) is 0 Å². The fraction of sp³-hybridized carbons (Fsp3) is 0.154. The van der Waals surface area contributed by atoms with Crippen LogP contribution >= 0.6 is 0 Å². The van der Waals surface area contributed by atoms with E-state index >= 15 is 0 Å². The van der Waals surface area contributed by atoms with Crippen LogP contribution in [0.2, 0.25) is 0 Å². The molecule has 0 atom stereocenters. The van der Waals surface area contributed by atoms with Crippen LogP contribution in [0.15, 0.2) is 30.3 Å². The van der Waals surface area contributed by atoms with E-state index in [0.717, 1.165) is 17.0 Å². The maximum atomic E-state index is 11.6. The summed E-state index contributed by atoms with van der Waals surface area (Å²) in [4.78, 5) is 14.7. The second-order valence-corrected chi connectivity index (χ2v) is 3.84. The maximum absolute atomic E-state index is 11.6. The van der Waals surface area contributed by atoms with Gasteiger partial charge in [-0.3, -0.25) is 4.79 Å². The minimum atomic E-state index is -0.0132. The average molecular weight is 214 g/mol. The predicted octanol–water partition coefficient (Wildman–Crippen LogP) is 2.77. The quantitative estimate of drug-likeness (QED) is 0.755. The number of benzene rings is 1. The van der Waals surface area contributed by atoms with Gasteiger partial charge < -0.3 is 10.7 Å². The summed E-state index contributed by atoms with van der Waals surface area (Å²) in [6, 6.07) is 9.72. The van der Waals surface area contributed by atoms with Crippen molar-refractivity contribution in [3.8, 4) is 11.3 Å². The molecule has 2 rings (SSSR count). The Morgan fingerprint density at radius 3 is 2.44 bits per heavy atom. The van der Waals surface area contributed by atoms with Crippen LogP contribution < -0.4 is 5.73 Å². The van der Waals surface area contributed by atoms with Crippen molar-refractivity contribution in [1.82, 2.24) is 4.98 Å². The first kappa shape index (κ1) is 10.5. The number of aromatic nitrogens is 1. The molecule has 0 amide bonds. The third kappa shape index (κ3) is 1.60. The van der Waals surface area contributed by atoms with E-state index < -0.39 is 0 Å². The van der Waals surface area contributed by atoms with Crippen LogP contribution in [0.4, 0.5) is 5.69 Å². The van der Waals surface area contributed by atoms with Crippen LogP contribution in [0.3, 0.4) is 0 Å². The van der Waals surface area contributed by atoms with Crippen molar-refractivity contribution in [3.05, 3.63) is 41.6 Å². The highest BCUT2D eigenvalue weighted by Gasteiger charge is 2.17. The molecule has 1 aromatic heterocycles. The van der Waals surface area contributed by atoms with Gasteiger partial charge in [0, 0.05) is 5.69 Å². The minimum absolute atomic E-state index is 0.0132. The number of rotatable bonds is 2. The van der Waals surface area contributed by atoms with Crippen LogP contribution in [-0.2, 0) is 0 Å². The summed E-state index contributed by atoms with van der Waals surface area (Å²) < 4.78 is 0. The van der Waals surface area contributed by atoms with E-state index in [1.165, 1.54) is 6.92 Å². The predicted molar refractivity (Wildman–Crippen MR) is 65.4 cm³/mol. The lowest BCUT2D eigenvalue weighted by Gasteiger charge is -2.01. The number of nitrogens with two attached hydrogens (primary N) is 1. The lowest BCUT2D eigenvalue weighted by molar-refractivity contribution is 0.101. The smallest absolute Gasteiger partial charge is 0.164 e. The van der Waals surface area contributed by atoms with Gasteiger partial charge in [0.1, 0.15) is 0 Å². The SMILES string of the molecule is CC(=O)c1c(-c2ccccc2)[nH]c(C)c1N. The number of nitrogen functional groups attached to an aromatic ring is 1. The molecule has 1 aromatic carbocycles. The zero-order valence-electron chi connectivity index (χ0n) is 9.37. The van der Waals surface area contributed by atoms with Gasteiger partial charge in [0.2, 0.25) is 0 Å². The number of aromatic amines is 1. The first-order valence-corrected chi connectivity index (χ1v) is 5.15. The maximum Gasteiger partial charge on any atom is 0.164 e. The summed E-state index contributed by atoms with van der Waals surface area (Å²) >= 11 is 0. The highest BCUT2D eigenvalue weighted by molar-refractivity contribution is 6.05. The summed E-state index contributed by atoms with van der Waals surface area (Å²) in [5.41, 5.74) is 9.65. The van der Waals surface area contributed by atoms with Crippen molar-refractivity contribution >= 4 is 11.5 Å². The molecule has 0 saturated carbocycles. The number of H-pyrrole nitrogens is 1. The Morgan fingerprint density at radius 2 is 1.88 bits per heavy atom. The lowest BCUT2D eigenvalue weighted by atomic mass is 10.0. The summed E-state index contributed by atoms with van der Waals surface area (Å²) in [6.45, 7) is 3.40. The van der Waals surface area contributed by atoms with Crippen LogP contribution in [0.5, 0.6) is 0 Å². The monoisotopic (exact) mass is 214 g/mol. The molecule has 0 fully saturated rings. The van der Waals surface area contributed by atoms with Gasteiger partial charge in [-0.2, -0.15) is 0 Å². The molecule has 3 heteroatoms. The standard InChI is InChI=1S/C13H14N2O/c1-8-12(14)11(9(2)16)13(15-8)10-6-4-3-5-7-10/h3-7,15H,14H2,1-2H3. The van der Waals surface area contributed by atoms with Crippen LogP contribution in [0, 0.1) is 6.92 Å². The van der Waals surface area contributed by atoms with Gasteiger partial charge in [0.15, 0.2) is 5.78 Å². The van der Waals surface area contributed by atoms with Crippen molar-refractivity contribution in [2.45, 2.75) is 13.8 Å². The molecule has 0 aliphatic heterocycles. The normalized spacial score (nSPS) is 10.4. The highest BCUT2D eigenvalue weighted by Crippen LogP contribution is 2.29. The number of hydrogen-bond acceptors (Lipinski definition) is 2. The van der Waals surface area contributed by atoms with Crippen molar-refractivity contribution in [3.63, 3.8) is 0 Å². The topological polar surface area (TPSA) is 58.9 Å². The van der Waals surface area contributed by atoms with Gasteiger partial charge >= 0.3 is 0 Å². The van der Waals surface area contributed by atoms with Gasteiger partial charge in [0.05, 0.1) is 16.9 Å². The highest BCUT2D eigenvalue weighted by atomic mass is 16.1. The fourth-order valence-electron chi connectivity index (χ4n) is 1.83. The summed E-state index contributed by atoms with van der Waals surface area (Å²) in [6.07, 6.45) is 0. The van der Waals surface area contributed by atoms with Gasteiger partial charge in [0.25, 0.3) is 0 Å². The van der Waals surface area contributed by atoms with Gasteiger partial charge in [-0.25, -0.2) is 0 Å². The molecule has 3 nitrogen and oxygen atoms in total. The third-order valence-corrected chi connectivity index (χ3v) is 2.65. The van der Waals surface area contributed by atoms with Crippen LogP contribution in [0.1, 0.15) is 23.0 Å². The van der Waals surface area contributed by atoms with E-state index in [1.807, 2.05) is 37.3 Å². The number of hydrogen-bond donors (Lipinski definition) is 2. The average Bonchev–Trinajstić information content (AvgIpc) is 2.57. The Balaban J connectivity index is 2.66. The van der Waals surface area contributed by atoms with Crippen molar-refractivity contribution in [2.75, 3.05) is 5.73 Å². The van der Waals surface area contributed by atoms with Crippen molar-refractivity contribution < 1.29 is 4.79 Å². The molecular weight excluding hydrogens is 200 g/mol. The molecular formula is C13H14N2O. The molecule has 1 heterocycles. The number of carbonyl (C=O) groups is 1. The first-order chi connectivity index (χ1) is 7.61. The van der Waals surface area contributed by atoms with E-state index in [1.54, 1.807) is 0 Å². The lowest BCUT2D eigenvalue weighted by Crippen LogP contribution is -1.98. The molecule has 0 spiro atoms. The van der Waals surface area contributed by atoms with Gasteiger partial charge in [-0.05, 0) is 19.4 Å². The molecule has 82 valence electrons. The second-order valence-electron chi connectivity index (χ2n) is 3.84. The fourth-order valence-corrected chi connectivity index (χ4v) is 1.83.